The van der Waals surface area contributed by atoms with E-state index in [-0.39, 0.29) is 11.8 Å². The van der Waals surface area contributed by atoms with E-state index in [4.69, 9.17) is 4.74 Å². The molecule has 1 rings (SSSR count). The van der Waals surface area contributed by atoms with Gasteiger partial charge >= 0.3 is 5.97 Å². The van der Waals surface area contributed by atoms with Crippen molar-refractivity contribution in [1.29, 1.82) is 0 Å². The summed E-state index contributed by atoms with van der Waals surface area (Å²) in [4.78, 5) is 22.4. The van der Waals surface area contributed by atoms with Gasteiger partial charge in [0.1, 0.15) is 11.7 Å². The third-order valence-electron chi connectivity index (χ3n) is 2.15. The minimum absolute atomic E-state index is 0.0425. The molecule has 0 saturated heterocycles. The third-order valence-corrected chi connectivity index (χ3v) is 2.15. The van der Waals surface area contributed by atoms with Crippen molar-refractivity contribution in [2.45, 2.75) is 26.7 Å². The molecule has 2 atom stereocenters. The van der Waals surface area contributed by atoms with Gasteiger partial charge in [0.2, 0.25) is 0 Å². The average molecular weight is 170 g/mol. The number of hydrogen-bond donors (Lipinski definition) is 0. The van der Waals surface area contributed by atoms with Crippen LogP contribution in [0.5, 0.6) is 0 Å². The number of carbonyl (C=O) groups excluding carboxylic acids is 2. The predicted octanol–water partition coefficient (Wildman–Crippen LogP) is 1.16. The highest BCUT2D eigenvalue weighted by Crippen LogP contribution is 2.27. The van der Waals surface area contributed by atoms with Crippen LogP contribution in [0.1, 0.15) is 26.7 Å². The summed E-state index contributed by atoms with van der Waals surface area (Å²) in [6, 6.07) is 0. The SMILES string of the molecule is CCOC(=O)C1C[C@@H](C)CC1=O. The van der Waals surface area contributed by atoms with Gasteiger partial charge in [0.05, 0.1) is 6.61 Å². The molecule has 0 aromatic rings. The molecule has 3 heteroatoms. The number of carbonyl (C=O) groups is 2. The van der Waals surface area contributed by atoms with E-state index in [1.807, 2.05) is 6.92 Å². The molecule has 3 nitrogen and oxygen atoms in total. The molecule has 1 fully saturated rings. The number of esters is 1. The lowest BCUT2D eigenvalue weighted by molar-refractivity contribution is -0.150. The van der Waals surface area contributed by atoms with Crippen LogP contribution in [0.4, 0.5) is 0 Å². The van der Waals surface area contributed by atoms with Crippen molar-refractivity contribution < 1.29 is 14.3 Å². The Balaban J connectivity index is 2.52. The van der Waals surface area contributed by atoms with Crippen molar-refractivity contribution in [3.63, 3.8) is 0 Å². The van der Waals surface area contributed by atoms with Crippen molar-refractivity contribution in [1.82, 2.24) is 0 Å². The molecule has 0 amide bonds. The maximum Gasteiger partial charge on any atom is 0.316 e. The Kier molecular flexibility index (Phi) is 2.84. The van der Waals surface area contributed by atoms with Crippen LogP contribution in [0.15, 0.2) is 0 Å². The van der Waals surface area contributed by atoms with Crippen LogP contribution in [0.3, 0.4) is 0 Å². The largest absolute Gasteiger partial charge is 0.465 e. The Bertz CT molecular complexity index is 198. The van der Waals surface area contributed by atoms with Crippen LogP contribution in [0.2, 0.25) is 0 Å². The van der Waals surface area contributed by atoms with Gasteiger partial charge in [-0.05, 0) is 19.3 Å². The topological polar surface area (TPSA) is 43.4 Å². The van der Waals surface area contributed by atoms with Gasteiger partial charge in [0, 0.05) is 6.42 Å². The monoisotopic (exact) mass is 170 g/mol. The van der Waals surface area contributed by atoms with E-state index in [9.17, 15) is 9.59 Å². The Morgan fingerprint density at radius 2 is 2.33 bits per heavy atom. The summed E-state index contributed by atoms with van der Waals surface area (Å²) in [5.74, 6) is -0.431. The van der Waals surface area contributed by atoms with E-state index in [0.29, 0.717) is 25.4 Å². The number of Topliss-reactive ketones (excluding diaryl/α,β-unsaturated/α-hetero) is 1. The molecular weight excluding hydrogens is 156 g/mol. The van der Waals surface area contributed by atoms with Crippen LogP contribution in [-0.2, 0) is 14.3 Å². The standard InChI is InChI=1S/C9H14O3/c1-3-12-9(11)7-4-6(2)5-8(7)10/h6-7H,3-5H2,1-2H3/t6-,7?/m1/s1. The smallest absolute Gasteiger partial charge is 0.316 e. The van der Waals surface area contributed by atoms with Crippen LogP contribution in [0, 0.1) is 11.8 Å². The number of hydrogen-bond acceptors (Lipinski definition) is 3. The van der Waals surface area contributed by atoms with Crippen molar-refractivity contribution in [3.05, 3.63) is 0 Å². The highest BCUT2D eigenvalue weighted by Gasteiger charge is 2.36. The fourth-order valence-electron chi connectivity index (χ4n) is 1.57. The maximum absolute atomic E-state index is 11.2. The summed E-state index contributed by atoms with van der Waals surface area (Å²) in [5.41, 5.74) is 0. The molecular formula is C9H14O3. The Hall–Kier alpha value is -0.860. The minimum Gasteiger partial charge on any atom is -0.465 e. The lowest BCUT2D eigenvalue weighted by Crippen LogP contribution is -2.21. The maximum atomic E-state index is 11.2. The molecule has 0 aromatic carbocycles. The van der Waals surface area contributed by atoms with Gasteiger partial charge < -0.3 is 4.74 Å². The molecule has 68 valence electrons. The fraction of sp³-hybridized carbons (Fsp3) is 0.778. The molecule has 0 spiro atoms. The summed E-state index contributed by atoms with van der Waals surface area (Å²) in [6.07, 6.45) is 1.20. The summed E-state index contributed by atoms with van der Waals surface area (Å²) in [6.45, 7) is 4.09. The molecule has 0 N–H and O–H groups in total. The van der Waals surface area contributed by atoms with Crippen molar-refractivity contribution in [2.24, 2.45) is 11.8 Å². The van der Waals surface area contributed by atoms with Gasteiger partial charge in [-0.25, -0.2) is 0 Å². The Morgan fingerprint density at radius 3 is 2.75 bits per heavy atom. The van der Waals surface area contributed by atoms with E-state index in [0.717, 1.165) is 0 Å². The molecule has 0 bridgehead atoms. The van der Waals surface area contributed by atoms with Gasteiger partial charge in [-0.1, -0.05) is 6.92 Å². The first-order chi connectivity index (χ1) is 5.65. The second-order valence-electron chi connectivity index (χ2n) is 3.32. The molecule has 1 saturated carbocycles. The first kappa shape index (κ1) is 9.23. The van der Waals surface area contributed by atoms with E-state index >= 15 is 0 Å². The highest BCUT2D eigenvalue weighted by molar-refractivity contribution is 6.00. The van der Waals surface area contributed by atoms with E-state index in [1.165, 1.54) is 0 Å². The Labute approximate surface area is 72.1 Å². The Morgan fingerprint density at radius 1 is 1.67 bits per heavy atom. The summed E-state index contributed by atoms with van der Waals surface area (Å²) >= 11 is 0. The molecule has 1 aliphatic carbocycles. The molecule has 0 heterocycles. The second kappa shape index (κ2) is 3.70. The van der Waals surface area contributed by atoms with Crippen molar-refractivity contribution in [2.75, 3.05) is 6.61 Å². The quantitative estimate of drug-likeness (QED) is 0.461. The fourth-order valence-corrected chi connectivity index (χ4v) is 1.57. The molecule has 1 unspecified atom stereocenters. The van der Waals surface area contributed by atoms with Crippen molar-refractivity contribution >= 4 is 11.8 Å². The van der Waals surface area contributed by atoms with Gasteiger partial charge in [-0.2, -0.15) is 0 Å². The van der Waals surface area contributed by atoms with Crippen LogP contribution in [-0.4, -0.2) is 18.4 Å². The van der Waals surface area contributed by atoms with Gasteiger partial charge in [0.25, 0.3) is 0 Å². The minimum atomic E-state index is -0.472. The number of ether oxygens (including phenoxy) is 1. The summed E-state index contributed by atoms with van der Waals surface area (Å²) in [7, 11) is 0. The predicted molar refractivity (Wildman–Crippen MR) is 43.5 cm³/mol. The van der Waals surface area contributed by atoms with Gasteiger partial charge in [-0.15, -0.1) is 0 Å². The molecule has 0 aliphatic heterocycles. The molecule has 1 aliphatic rings. The highest BCUT2D eigenvalue weighted by atomic mass is 16.5. The average Bonchev–Trinajstić information content (AvgIpc) is 2.30. The normalized spacial score (nSPS) is 29.0. The van der Waals surface area contributed by atoms with Crippen molar-refractivity contribution in [3.8, 4) is 0 Å². The summed E-state index contributed by atoms with van der Waals surface area (Å²) < 4.78 is 4.78. The third kappa shape index (κ3) is 1.84. The first-order valence-corrected chi connectivity index (χ1v) is 4.34. The lowest BCUT2D eigenvalue weighted by Gasteiger charge is -2.06. The van der Waals surface area contributed by atoms with Gasteiger partial charge in [-0.3, -0.25) is 9.59 Å². The molecule has 12 heavy (non-hydrogen) atoms. The first-order valence-electron chi connectivity index (χ1n) is 4.34. The van der Waals surface area contributed by atoms with Crippen LogP contribution >= 0.6 is 0 Å². The molecule has 0 radical (unpaired) electrons. The zero-order valence-corrected chi connectivity index (χ0v) is 7.50. The number of rotatable bonds is 2. The van der Waals surface area contributed by atoms with Crippen LogP contribution in [0.25, 0.3) is 0 Å². The van der Waals surface area contributed by atoms with Gasteiger partial charge in [0.15, 0.2) is 0 Å². The van der Waals surface area contributed by atoms with Crippen LogP contribution < -0.4 is 0 Å². The number of ketones is 1. The van der Waals surface area contributed by atoms with E-state index < -0.39 is 5.92 Å². The zero-order chi connectivity index (χ0) is 9.14. The molecule has 0 aromatic heterocycles. The zero-order valence-electron chi connectivity index (χ0n) is 7.50. The summed E-state index contributed by atoms with van der Waals surface area (Å²) in [5, 5.41) is 0. The second-order valence-corrected chi connectivity index (χ2v) is 3.32. The van der Waals surface area contributed by atoms with E-state index in [1.54, 1.807) is 6.92 Å². The van der Waals surface area contributed by atoms with E-state index in [2.05, 4.69) is 0 Å². The lowest BCUT2D eigenvalue weighted by atomic mass is 10.1.